The van der Waals surface area contributed by atoms with Crippen LogP contribution in [0.2, 0.25) is 0 Å². The summed E-state index contributed by atoms with van der Waals surface area (Å²) in [4.78, 5) is 20.9. The zero-order chi connectivity index (χ0) is 16.1. The van der Waals surface area contributed by atoms with Crippen LogP contribution >= 0.6 is 0 Å². The van der Waals surface area contributed by atoms with Gasteiger partial charge in [0.1, 0.15) is 5.82 Å². The molecule has 0 radical (unpaired) electrons. The number of hydrogen-bond acceptors (Lipinski definition) is 3. The maximum absolute atomic E-state index is 12.1. The van der Waals surface area contributed by atoms with Crippen molar-refractivity contribution >= 4 is 22.6 Å². The molecule has 4 nitrogen and oxygen atoms in total. The third-order valence-electron chi connectivity index (χ3n) is 4.04. The second-order valence-electron chi connectivity index (χ2n) is 5.56. The predicted molar refractivity (Wildman–Crippen MR) is 94.5 cm³/mol. The molecule has 0 atom stereocenters. The fourth-order valence-electron chi connectivity index (χ4n) is 2.74. The molecule has 1 aromatic carbocycles. The SMILES string of the molecule is C/C=C/C=C/C(=O)N1CCN(c2ccc3ccccc3n2)CC1. The van der Waals surface area contributed by atoms with Gasteiger partial charge < -0.3 is 9.80 Å². The fourth-order valence-corrected chi connectivity index (χ4v) is 2.74. The minimum Gasteiger partial charge on any atom is -0.353 e. The smallest absolute Gasteiger partial charge is 0.246 e. The van der Waals surface area contributed by atoms with Crippen LogP contribution in [-0.2, 0) is 4.79 Å². The number of carbonyl (C=O) groups excluding carboxylic acids is 1. The second kappa shape index (κ2) is 7.09. The van der Waals surface area contributed by atoms with Crippen LogP contribution in [0.15, 0.2) is 60.7 Å². The highest BCUT2D eigenvalue weighted by molar-refractivity contribution is 5.88. The van der Waals surface area contributed by atoms with E-state index in [0.717, 1.165) is 42.9 Å². The summed E-state index contributed by atoms with van der Waals surface area (Å²) in [5, 5.41) is 1.15. The Morgan fingerprint density at radius 2 is 1.83 bits per heavy atom. The van der Waals surface area contributed by atoms with Crippen molar-refractivity contribution in [3.8, 4) is 0 Å². The van der Waals surface area contributed by atoms with Crippen LogP contribution < -0.4 is 4.90 Å². The van der Waals surface area contributed by atoms with Crippen LogP contribution in [0.25, 0.3) is 10.9 Å². The Kier molecular flexibility index (Phi) is 4.71. The van der Waals surface area contributed by atoms with Crippen LogP contribution in [0, 0.1) is 0 Å². The number of allylic oxidation sites excluding steroid dienone is 3. The number of piperazine rings is 1. The van der Waals surface area contributed by atoms with E-state index in [-0.39, 0.29) is 5.91 Å². The van der Waals surface area contributed by atoms with Crippen LogP contribution in [0.1, 0.15) is 6.92 Å². The Labute approximate surface area is 136 Å². The highest BCUT2D eigenvalue weighted by Crippen LogP contribution is 2.19. The number of para-hydroxylation sites is 1. The first-order valence-corrected chi connectivity index (χ1v) is 7.97. The normalized spacial score (nSPS) is 15.9. The van der Waals surface area contributed by atoms with E-state index < -0.39 is 0 Å². The van der Waals surface area contributed by atoms with Gasteiger partial charge in [-0.2, -0.15) is 0 Å². The first-order chi connectivity index (χ1) is 11.3. The third kappa shape index (κ3) is 3.59. The number of hydrogen-bond donors (Lipinski definition) is 0. The molecule has 3 rings (SSSR count). The fraction of sp³-hybridized carbons (Fsp3) is 0.263. The molecule has 0 spiro atoms. The number of pyridine rings is 1. The second-order valence-corrected chi connectivity index (χ2v) is 5.56. The van der Waals surface area contributed by atoms with Gasteiger partial charge in [-0.3, -0.25) is 4.79 Å². The van der Waals surface area contributed by atoms with Gasteiger partial charge in [-0.15, -0.1) is 0 Å². The lowest BCUT2D eigenvalue weighted by Gasteiger charge is -2.35. The van der Waals surface area contributed by atoms with Crippen molar-refractivity contribution < 1.29 is 4.79 Å². The molecule has 1 aliphatic heterocycles. The van der Waals surface area contributed by atoms with Gasteiger partial charge >= 0.3 is 0 Å². The topological polar surface area (TPSA) is 36.4 Å². The van der Waals surface area contributed by atoms with Crippen molar-refractivity contribution in [2.45, 2.75) is 6.92 Å². The van der Waals surface area contributed by atoms with Crippen molar-refractivity contribution in [3.05, 3.63) is 60.7 Å². The molecule has 0 saturated carbocycles. The lowest BCUT2D eigenvalue weighted by atomic mass is 10.2. The average molecular weight is 307 g/mol. The molecular formula is C19H21N3O. The molecule has 1 fully saturated rings. The van der Waals surface area contributed by atoms with Gasteiger partial charge in [-0.1, -0.05) is 36.4 Å². The minimum absolute atomic E-state index is 0.0780. The number of fused-ring (bicyclic) bond motifs is 1. The van der Waals surface area contributed by atoms with E-state index in [1.807, 2.05) is 42.2 Å². The maximum Gasteiger partial charge on any atom is 0.246 e. The van der Waals surface area contributed by atoms with Crippen molar-refractivity contribution in [1.82, 2.24) is 9.88 Å². The molecule has 0 unspecified atom stereocenters. The quantitative estimate of drug-likeness (QED) is 0.646. The maximum atomic E-state index is 12.1. The molecule has 1 amide bonds. The van der Waals surface area contributed by atoms with Crippen LogP contribution in [0.3, 0.4) is 0 Å². The van der Waals surface area contributed by atoms with Crippen LogP contribution in [0.5, 0.6) is 0 Å². The van der Waals surface area contributed by atoms with E-state index in [0.29, 0.717) is 0 Å². The van der Waals surface area contributed by atoms with Crippen molar-refractivity contribution in [3.63, 3.8) is 0 Å². The number of carbonyl (C=O) groups is 1. The van der Waals surface area contributed by atoms with Crippen LogP contribution in [0.4, 0.5) is 5.82 Å². The number of nitrogens with zero attached hydrogens (tertiary/aromatic N) is 3. The molecule has 118 valence electrons. The summed E-state index contributed by atoms with van der Waals surface area (Å²) in [6, 6.07) is 12.3. The summed E-state index contributed by atoms with van der Waals surface area (Å²) in [6.07, 6.45) is 7.20. The van der Waals surface area contributed by atoms with Gasteiger partial charge in [-0.25, -0.2) is 4.98 Å². The van der Waals surface area contributed by atoms with E-state index in [2.05, 4.69) is 23.1 Å². The lowest BCUT2D eigenvalue weighted by Crippen LogP contribution is -2.48. The molecule has 1 aromatic heterocycles. The van der Waals surface area contributed by atoms with E-state index in [9.17, 15) is 4.79 Å². The van der Waals surface area contributed by atoms with Gasteiger partial charge in [0.15, 0.2) is 0 Å². The first-order valence-electron chi connectivity index (χ1n) is 7.97. The Bertz CT molecular complexity index is 743. The van der Waals surface area contributed by atoms with E-state index in [1.165, 1.54) is 0 Å². The summed E-state index contributed by atoms with van der Waals surface area (Å²) in [7, 11) is 0. The molecule has 0 bridgehead atoms. The van der Waals surface area contributed by atoms with Crippen LogP contribution in [-0.4, -0.2) is 42.0 Å². The minimum atomic E-state index is 0.0780. The summed E-state index contributed by atoms with van der Waals surface area (Å²) in [5.41, 5.74) is 1.01. The van der Waals surface area contributed by atoms with Crippen molar-refractivity contribution in [2.75, 3.05) is 31.1 Å². The van der Waals surface area contributed by atoms with Gasteiger partial charge in [-0.05, 0) is 25.1 Å². The highest BCUT2D eigenvalue weighted by atomic mass is 16.2. The van der Waals surface area contributed by atoms with E-state index >= 15 is 0 Å². The summed E-state index contributed by atoms with van der Waals surface area (Å²) in [5.74, 6) is 1.06. The number of benzene rings is 1. The molecule has 1 saturated heterocycles. The van der Waals surface area contributed by atoms with Gasteiger partial charge in [0, 0.05) is 37.6 Å². The van der Waals surface area contributed by atoms with Gasteiger partial charge in [0.2, 0.25) is 5.91 Å². The molecular weight excluding hydrogens is 286 g/mol. The number of anilines is 1. The number of aromatic nitrogens is 1. The monoisotopic (exact) mass is 307 g/mol. The Hall–Kier alpha value is -2.62. The van der Waals surface area contributed by atoms with E-state index in [4.69, 9.17) is 4.98 Å². The Morgan fingerprint density at radius 3 is 2.61 bits per heavy atom. The molecule has 0 aliphatic carbocycles. The third-order valence-corrected chi connectivity index (χ3v) is 4.04. The lowest BCUT2D eigenvalue weighted by molar-refractivity contribution is -0.126. The standard InChI is InChI=1S/C19H21N3O/c1-2-3-4-9-19(23)22-14-12-21(13-15-22)18-11-10-16-7-5-6-8-17(16)20-18/h2-11H,12-15H2,1H3/b3-2+,9-4+. The average Bonchev–Trinajstić information content (AvgIpc) is 2.61. The molecule has 23 heavy (non-hydrogen) atoms. The molecule has 0 N–H and O–H groups in total. The summed E-state index contributed by atoms with van der Waals surface area (Å²) < 4.78 is 0. The molecule has 2 aromatic rings. The molecule has 1 aliphatic rings. The Balaban J connectivity index is 1.64. The first kappa shape index (κ1) is 15.3. The predicted octanol–water partition coefficient (Wildman–Crippen LogP) is 3.02. The zero-order valence-electron chi connectivity index (χ0n) is 13.4. The molecule has 2 heterocycles. The summed E-state index contributed by atoms with van der Waals surface area (Å²) in [6.45, 7) is 5.02. The van der Waals surface area contributed by atoms with Gasteiger partial charge in [0.25, 0.3) is 0 Å². The highest BCUT2D eigenvalue weighted by Gasteiger charge is 2.20. The van der Waals surface area contributed by atoms with Crippen molar-refractivity contribution in [1.29, 1.82) is 0 Å². The number of rotatable bonds is 3. The summed E-state index contributed by atoms with van der Waals surface area (Å²) >= 11 is 0. The zero-order valence-corrected chi connectivity index (χ0v) is 13.4. The Morgan fingerprint density at radius 1 is 1.04 bits per heavy atom. The molecule has 4 heteroatoms. The van der Waals surface area contributed by atoms with Gasteiger partial charge in [0.05, 0.1) is 5.52 Å². The van der Waals surface area contributed by atoms with Crippen molar-refractivity contribution in [2.24, 2.45) is 0 Å². The van der Waals surface area contributed by atoms with E-state index in [1.54, 1.807) is 12.2 Å². The largest absolute Gasteiger partial charge is 0.353 e. The number of amides is 1.